The first-order valence-corrected chi connectivity index (χ1v) is 10.4. The largest absolute Gasteiger partial charge is 0.455 e. The molecule has 0 saturated heterocycles. The molecule has 1 aromatic heterocycles. The van der Waals surface area contributed by atoms with E-state index in [-0.39, 0.29) is 5.75 Å². The van der Waals surface area contributed by atoms with E-state index in [1.165, 1.54) is 7.05 Å². The quantitative estimate of drug-likeness (QED) is 0.390. The zero-order valence-corrected chi connectivity index (χ0v) is 19.5. The number of benzene rings is 2. The van der Waals surface area contributed by atoms with E-state index in [1.807, 2.05) is 32.9 Å². The van der Waals surface area contributed by atoms with Crippen LogP contribution in [0.4, 0.5) is 32.0 Å². The zero-order chi connectivity index (χ0) is 26.3. The van der Waals surface area contributed by atoms with Crippen LogP contribution in [0.2, 0.25) is 0 Å². The predicted molar refractivity (Wildman–Crippen MR) is 118 cm³/mol. The molecule has 0 aliphatic heterocycles. The van der Waals surface area contributed by atoms with E-state index in [0.717, 1.165) is 34.1 Å². The van der Waals surface area contributed by atoms with Gasteiger partial charge in [-0.2, -0.15) is 31.4 Å². The predicted octanol–water partition coefficient (Wildman–Crippen LogP) is 7.11. The Morgan fingerprint density at radius 2 is 1.60 bits per heavy atom. The van der Waals surface area contributed by atoms with Gasteiger partial charge in [-0.1, -0.05) is 32.9 Å². The molecule has 0 aliphatic carbocycles. The lowest BCUT2D eigenvalue weighted by Crippen LogP contribution is -2.19. The number of alkyl halides is 6. The smallest absolute Gasteiger partial charge is 0.435 e. The molecule has 2 aromatic carbocycles. The Labute approximate surface area is 197 Å². The molecule has 35 heavy (non-hydrogen) atoms. The van der Waals surface area contributed by atoms with E-state index in [9.17, 15) is 31.1 Å². The van der Waals surface area contributed by atoms with Crippen molar-refractivity contribution in [1.29, 1.82) is 0 Å². The van der Waals surface area contributed by atoms with Crippen LogP contribution in [-0.2, 0) is 24.8 Å². The Morgan fingerprint density at radius 1 is 0.943 bits per heavy atom. The van der Waals surface area contributed by atoms with Crippen molar-refractivity contribution in [3.63, 3.8) is 0 Å². The number of ether oxygens (including phenoxy) is 1. The minimum Gasteiger partial charge on any atom is -0.455 e. The van der Waals surface area contributed by atoms with Crippen LogP contribution < -0.4 is 10.1 Å². The summed E-state index contributed by atoms with van der Waals surface area (Å²) >= 11 is 0. The molecule has 0 unspecified atom stereocenters. The van der Waals surface area contributed by atoms with Crippen molar-refractivity contribution in [3.05, 3.63) is 70.5 Å². The van der Waals surface area contributed by atoms with Crippen LogP contribution in [0.25, 0.3) is 0 Å². The van der Waals surface area contributed by atoms with Gasteiger partial charge in [0.15, 0.2) is 11.4 Å². The first-order chi connectivity index (χ1) is 16.0. The Kier molecular flexibility index (Phi) is 6.67. The number of amides is 1. The van der Waals surface area contributed by atoms with E-state index < -0.39 is 46.2 Å². The number of carbonyl (C=O) groups excluding carboxylic acids is 1. The number of aryl methyl sites for hydroxylation is 2. The van der Waals surface area contributed by atoms with Gasteiger partial charge in [0.1, 0.15) is 5.75 Å². The highest BCUT2D eigenvalue weighted by Crippen LogP contribution is 2.40. The molecule has 1 heterocycles. The highest BCUT2D eigenvalue weighted by atomic mass is 19.4. The molecule has 3 aromatic rings. The molecule has 1 N–H and O–H groups in total. The summed E-state index contributed by atoms with van der Waals surface area (Å²) in [5.74, 6) is -1.11. The molecule has 0 fully saturated rings. The first-order valence-electron chi connectivity index (χ1n) is 10.4. The molecule has 0 bridgehead atoms. The van der Waals surface area contributed by atoms with Crippen LogP contribution in [0, 0.1) is 6.92 Å². The SMILES string of the molecule is Cc1ccc(C(C)(C)C)c(Oc2ccc(C(F)(F)F)cc2NC(=O)c2cn(C)nc2C(F)(F)F)c1. The summed E-state index contributed by atoms with van der Waals surface area (Å²) in [4.78, 5) is 12.7. The number of nitrogens with one attached hydrogen (secondary N) is 1. The number of halogens is 6. The van der Waals surface area contributed by atoms with Gasteiger partial charge in [-0.15, -0.1) is 0 Å². The normalized spacial score (nSPS) is 12.5. The second-order valence-electron chi connectivity index (χ2n) is 9.08. The van der Waals surface area contributed by atoms with Gasteiger partial charge in [0.05, 0.1) is 16.8 Å². The maximum atomic E-state index is 13.4. The van der Waals surface area contributed by atoms with Crippen molar-refractivity contribution in [2.45, 2.75) is 45.5 Å². The fraction of sp³-hybridized carbons (Fsp3) is 0.333. The Balaban J connectivity index is 2.09. The summed E-state index contributed by atoms with van der Waals surface area (Å²) in [5, 5.41) is 5.40. The lowest BCUT2D eigenvalue weighted by molar-refractivity contribution is -0.141. The van der Waals surface area contributed by atoms with Crippen molar-refractivity contribution < 1.29 is 35.9 Å². The Hall–Kier alpha value is -3.50. The molecular formula is C24H23F6N3O2. The van der Waals surface area contributed by atoms with Crippen molar-refractivity contribution in [2.24, 2.45) is 7.05 Å². The molecular weight excluding hydrogens is 476 g/mol. The van der Waals surface area contributed by atoms with Crippen molar-refractivity contribution >= 4 is 11.6 Å². The number of hydrogen-bond acceptors (Lipinski definition) is 3. The summed E-state index contributed by atoms with van der Waals surface area (Å²) < 4.78 is 86.8. The van der Waals surface area contributed by atoms with Crippen LogP contribution in [-0.4, -0.2) is 15.7 Å². The molecule has 0 aliphatic rings. The van der Waals surface area contributed by atoms with Crippen LogP contribution in [0.1, 0.15) is 53.5 Å². The minimum absolute atomic E-state index is 0.167. The molecule has 11 heteroatoms. The van der Waals surface area contributed by atoms with Crippen LogP contribution in [0.3, 0.4) is 0 Å². The Morgan fingerprint density at radius 3 is 2.17 bits per heavy atom. The molecule has 0 spiro atoms. The van der Waals surface area contributed by atoms with Crippen molar-refractivity contribution in [3.8, 4) is 11.5 Å². The van der Waals surface area contributed by atoms with Crippen LogP contribution in [0.15, 0.2) is 42.6 Å². The molecule has 188 valence electrons. The van der Waals surface area contributed by atoms with E-state index in [0.29, 0.717) is 11.8 Å². The molecule has 0 saturated carbocycles. The van der Waals surface area contributed by atoms with Gasteiger partial charge in [-0.05, 0) is 42.2 Å². The highest BCUT2D eigenvalue weighted by molar-refractivity contribution is 6.05. The summed E-state index contributed by atoms with van der Waals surface area (Å²) in [6, 6.07) is 7.75. The Bertz CT molecular complexity index is 1250. The van der Waals surface area contributed by atoms with E-state index >= 15 is 0 Å². The fourth-order valence-electron chi connectivity index (χ4n) is 3.40. The number of carbonyl (C=O) groups is 1. The van der Waals surface area contributed by atoms with Gasteiger partial charge in [0.2, 0.25) is 0 Å². The van der Waals surface area contributed by atoms with Gasteiger partial charge in [-0.3, -0.25) is 9.48 Å². The number of aromatic nitrogens is 2. The standard InChI is InChI=1S/C24H23F6N3O2/c1-13-6-8-16(22(2,3)4)19(10-13)35-18-9-7-14(23(25,26)27)11-17(18)31-21(34)15-12-33(5)32-20(15)24(28,29)30/h6-12H,1-5H3,(H,31,34). The van der Waals surface area contributed by atoms with Crippen molar-refractivity contribution in [1.82, 2.24) is 9.78 Å². The summed E-state index contributed by atoms with van der Waals surface area (Å²) in [5.41, 5.74) is -2.68. The summed E-state index contributed by atoms with van der Waals surface area (Å²) in [6.07, 6.45) is -8.86. The second kappa shape index (κ2) is 8.94. The van der Waals surface area contributed by atoms with E-state index in [1.54, 1.807) is 13.0 Å². The van der Waals surface area contributed by atoms with Gasteiger partial charge in [0.25, 0.3) is 5.91 Å². The number of hydrogen-bond donors (Lipinski definition) is 1. The van der Waals surface area contributed by atoms with E-state index in [4.69, 9.17) is 4.74 Å². The number of rotatable bonds is 4. The third kappa shape index (κ3) is 5.95. The monoisotopic (exact) mass is 499 g/mol. The average molecular weight is 499 g/mol. The topological polar surface area (TPSA) is 56.1 Å². The van der Waals surface area contributed by atoms with Gasteiger partial charge >= 0.3 is 12.4 Å². The maximum Gasteiger partial charge on any atom is 0.435 e. The third-order valence-electron chi connectivity index (χ3n) is 5.06. The van der Waals surface area contributed by atoms with Gasteiger partial charge in [-0.25, -0.2) is 0 Å². The highest BCUT2D eigenvalue weighted by Gasteiger charge is 2.39. The lowest BCUT2D eigenvalue weighted by Gasteiger charge is -2.24. The molecule has 1 amide bonds. The molecule has 5 nitrogen and oxygen atoms in total. The summed E-state index contributed by atoms with van der Waals surface area (Å²) in [7, 11) is 1.19. The molecule has 0 atom stereocenters. The second-order valence-corrected chi connectivity index (χ2v) is 9.08. The lowest BCUT2D eigenvalue weighted by atomic mass is 9.86. The number of nitrogens with zero attached hydrogens (tertiary/aromatic N) is 2. The van der Waals surface area contributed by atoms with Gasteiger partial charge in [0, 0.05) is 18.8 Å². The molecule has 0 radical (unpaired) electrons. The average Bonchev–Trinajstić information content (AvgIpc) is 3.10. The summed E-state index contributed by atoms with van der Waals surface area (Å²) in [6.45, 7) is 7.55. The van der Waals surface area contributed by atoms with Crippen LogP contribution >= 0.6 is 0 Å². The third-order valence-corrected chi connectivity index (χ3v) is 5.06. The maximum absolute atomic E-state index is 13.4. The van der Waals surface area contributed by atoms with E-state index in [2.05, 4.69) is 10.4 Å². The van der Waals surface area contributed by atoms with Crippen molar-refractivity contribution in [2.75, 3.05) is 5.32 Å². The minimum atomic E-state index is -4.94. The zero-order valence-electron chi connectivity index (χ0n) is 19.5. The fourth-order valence-corrected chi connectivity index (χ4v) is 3.40. The first kappa shape index (κ1) is 26.1. The number of anilines is 1. The van der Waals surface area contributed by atoms with Crippen LogP contribution in [0.5, 0.6) is 11.5 Å². The van der Waals surface area contributed by atoms with Gasteiger partial charge < -0.3 is 10.1 Å². The molecule has 3 rings (SSSR count).